The first-order chi connectivity index (χ1) is 7.72. The second kappa shape index (κ2) is 4.57. The first-order valence-corrected chi connectivity index (χ1v) is 6.14. The van der Waals surface area contributed by atoms with Gasteiger partial charge in [0.05, 0.1) is 12.1 Å². The maximum atomic E-state index is 10.7. The molecule has 5 heteroatoms. The van der Waals surface area contributed by atoms with Crippen molar-refractivity contribution in [3.8, 4) is 0 Å². The topological polar surface area (TPSA) is 52.9 Å². The summed E-state index contributed by atoms with van der Waals surface area (Å²) >= 11 is 1.61. The number of carbonyl (C=O) groups is 1. The van der Waals surface area contributed by atoms with Crippen molar-refractivity contribution in [2.75, 3.05) is 24.2 Å². The molecule has 0 saturated heterocycles. The Labute approximate surface area is 98.0 Å². The number of thioether (sulfide) groups is 1. The summed E-state index contributed by atoms with van der Waals surface area (Å²) in [7, 11) is 0. The zero-order valence-corrected chi connectivity index (χ0v) is 9.70. The first kappa shape index (κ1) is 11.0. The maximum absolute atomic E-state index is 10.7. The van der Waals surface area contributed by atoms with Gasteiger partial charge in [0.25, 0.3) is 0 Å². The van der Waals surface area contributed by atoms with Crippen LogP contribution in [0.25, 0.3) is 0 Å². The highest BCUT2D eigenvalue weighted by atomic mass is 32.2. The fraction of sp³-hybridized carbons (Fsp3) is 0.273. The van der Waals surface area contributed by atoms with Crippen molar-refractivity contribution in [1.29, 1.82) is 0 Å². The number of amidine groups is 1. The zero-order chi connectivity index (χ0) is 11.5. The summed E-state index contributed by atoms with van der Waals surface area (Å²) in [5, 5.41) is 9.79. The summed E-state index contributed by atoms with van der Waals surface area (Å²) in [6, 6.07) is 6.88. The average Bonchev–Trinajstić information content (AvgIpc) is 2.77. The highest BCUT2D eigenvalue weighted by Crippen LogP contribution is 2.22. The summed E-state index contributed by atoms with van der Waals surface area (Å²) in [5.41, 5.74) is 1.31. The van der Waals surface area contributed by atoms with Gasteiger partial charge in [0, 0.05) is 12.2 Å². The number of carboxylic acid groups (broad SMARTS) is 1. The highest BCUT2D eigenvalue weighted by molar-refractivity contribution is 8.13. The molecule has 0 amide bonds. The normalized spacial score (nSPS) is 15.1. The van der Waals surface area contributed by atoms with Crippen LogP contribution in [0.1, 0.15) is 10.4 Å². The second-order valence-electron chi connectivity index (χ2n) is 3.37. The van der Waals surface area contributed by atoms with Gasteiger partial charge >= 0.3 is 5.97 Å². The molecule has 1 aliphatic rings. The first-order valence-electron chi connectivity index (χ1n) is 4.91. The number of hydrogen-bond donors (Lipinski definition) is 1. The van der Waals surface area contributed by atoms with E-state index in [-0.39, 0.29) is 0 Å². The molecule has 0 radical (unpaired) electrons. The summed E-state index contributed by atoms with van der Waals surface area (Å²) in [5.74, 6) is -0.897. The Bertz CT molecular complexity index is 428. The number of carboxylic acids is 1. The monoisotopic (exact) mass is 236 g/mol. The Kier molecular flexibility index (Phi) is 3.14. The van der Waals surface area contributed by atoms with Crippen molar-refractivity contribution in [1.82, 2.24) is 0 Å². The molecule has 0 aliphatic carbocycles. The molecule has 0 spiro atoms. The fourth-order valence-corrected chi connectivity index (χ4v) is 2.26. The molecule has 4 nitrogen and oxygen atoms in total. The molecule has 1 aromatic rings. The van der Waals surface area contributed by atoms with E-state index in [1.165, 1.54) is 0 Å². The lowest BCUT2D eigenvalue weighted by atomic mass is 10.2. The van der Waals surface area contributed by atoms with Gasteiger partial charge in [-0.3, -0.25) is 4.99 Å². The minimum atomic E-state index is -0.897. The molecule has 1 heterocycles. The molecule has 1 N–H and O–H groups in total. The summed E-state index contributed by atoms with van der Waals surface area (Å²) in [6.45, 7) is 1.67. The Balaban J connectivity index is 2.22. The van der Waals surface area contributed by atoms with Crippen molar-refractivity contribution in [3.05, 3.63) is 29.8 Å². The molecule has 2 rings (SSSR count). The lowest BCUT2D eigenvalue weighted by Crippen LogP contribution is -2.24. The van der Waals surface area contributed by atoms with E-state index in [4.69, 9.17) is 5.11 Å². The van der Waals surface area contributed by atoms with Crippen molar-refractivity contribution in [2.24, 2.45) is 4.99 Å². The van der Waals surface area contributed by atoms with Gasteiger partial charge in [0.1, 0.15) is 0 Å². The van der Waals surface area contributed by atoms with E-state index in [1.807, 2.05) is 18.4 Å². The van der Waals surface area contributed by atoms with Crippen LogP contribution in [0, 0.1) is 0 Å². The molecule has 0 aromatic heterocycles. The number of nitrogens with zero attached hydrogens (tertiary/aromatic N) is 2. The molecule has 0 bridgehead atoms. The molecule has 1 aliphatic heterocycles. The van der Waals surface area contributed by atoms with Gasteiger partial charge < -0.3 is 10.0 Å². The van der Waals surface area contributed by atoms with Gasteiger partial charge in [-0.05, 0) is 30.5 Å². The average molecular weight is 236 g/mol. The van der Waals surface area contributed by atoms with Crippen LogP contribution in [0.15, 0.2) is 29.3 Å². The van der Waals surface area contributed by atoms with Gasteiger partial charge in [-0.1, -0.05) is 11.8 Å². The van der Waals surface area contributed by atoms with E-state index in [0.29, 0.717) is 5.56 Å². The van der Waals surface area contributed by atoms with E-state index in [1.54, 1.807) is 23.9 Å². The number of aliphatic imine (C=N–C) groups is 1. The number of benzene rings is 1. The third-order valence-electron chi connectivity index (χ3n) is 2.41. The number of hydrogen-bond acceptors (Lipinski definition) is 4. The lowest BCUT2D eigenvalue weighted by molar-refractivity contribution is 0.0697. The van der Waals surface area contributed by atoms with Crippen LogP contribution >= 0.6 is 11.8 Å². The van der Waals surface area contributed by atoms with Crippen molar-refractivity contribution < 1.29 is 9.90 Å². The highest BCUT2D eigenvalue weighted by Gasteiger charge is 2.17. The van der Waals surface area contributed by atoms with E-state index in [9.17, 15) is 4.79 Å². The van der Waals surface area contributed by atoms with Crippen LogP contribution in [0.3, 0.4) is 0 Å². The Hall–Kier alpha value is -1.49. The van der Waals surface area contributed by atoms with Gasteiger partial charge in [-0.25, -0.2) is 4.79 Å². The van der Waals surface area contributed by atoms with E-state index in [2.05, 4.69) is 9.89 Å². The summed E-state index contributed by atoms with van der Waals surface area (Å²) in [6.07, 6.45) is 1.99. The van der Waals surface area contributed by atoms with Crippen LogP contribution in [-0.4, -0.2) is 35.6 Å². The Morgan fingerprint density at radius 1 is 1.44 bits per heavy atom. The second-order valence-corrected chi connectivity index (χ2v) is 4.15. The smallest absolute Gasteiger partial charge is 0.335 e. The third kappa shape index (κ3) is 2.04. The molecule has 0 unspecified atom stereocenters. The predicted octanol–water partition coefficient (Wildman–Crippen LogP) is 1.92. The number of aromatic carboxylic acids is 1. The largest absolute Gasteiger partial charge is 0.478 e. The third-order valence-corrected chi connectivity index (χ3v) is 3.12. The zero-order valence-electron chi connectivity index (χ0n) is 8.88. The SMILES string of the molecule is CSC1=NCCN1c1ccc(C(=O)O)cc1. The van der Waals surface area contributed by atoms with Crippen LogP contribution in [0.4, 0.5) is 5.69 Å². The molecule has 0 fully saturated rings. The van der Waals surface area contributed by atoms with Crippen LogP contribution < -0.4 is 4.90 Å². The van der Waals surface area contributed by atoms with Gasteiger partial charge in [0.2, 0.25) is 0 Å². The number of rotatable bonds is 2. The van der Waals surface area contributed by atoms with Crippen molar-refractivity contribution in [2.45, 2.75) is 0 Å². The molecule has 84 valence electrons. The minimum absolute atomic E-state index is 0.311. The lowest BCUT2D eigenvalue weighted by Gasteiger charge is -2.18. The predicted molar refractivity (Wildman–Crippen MR) is 66.6 cm³/mol. The van der Waals surface area contributed by atoms with E-state index < -0.39 is 5.97 Å². The standard InChI is InChI=1S/C11H12N2O2S/c1-16-11-12-6-7-13(11)9-4-2-8(3-5-9)10(14)15/h2-5H,6-7H2,1H3,(H,14,15). The van der Waals surface area contributed by atoms with E-state index in [0.717, 1.165) is 23.9 Å². The molecular formula is C11H12N2O2S. The van der Waals surface area contributed by atoms with Gasteiger partial charge in [-0.15, -0.1) is 0 Å². The molecule has 1 aromatic carbocycles. The fourth-order valence-electron chi connectivity index (χ4n) is 1.62. The van der Waals surface area contributed by atoms with Crippen LogP contribution in [0.2, 0.25) is 0 Å². The minimum Gasteiger partial charge on any atom is -0.478 e. The summed E-state index contributed by atoms with van der Waals surface area (Å²) in [4.78, 5) is 17.2. The Morgan fingerprint density at radius 2 is 2.12 bits per heavy atom. The van der Waals surface area contributed by atoms with Crippen LogP contribution in [-0.2, 0) is 0 Å². The molecular weight excluding hydrogens is 224 g/mol. The maximum Gasteiger partial charge on any atom is 0.335 e. The molecule has 0 atom stereocenters. The summed E-state index contributed by atoms with van der Waals surface area (Å²) < 4.78 is 0. The number of anilines is 1. The van der Waals surface area contributed by atoms with Crippen LogP contribution in [0.5, 0.6) is 0 Å². The van der Waals surface area contributed by atoms with E-state index >= 15 is 0 Å². The Morgan fingerprint density at radius 3 is 2.69 bits per heavy atom. The van der Waals surface area contributed by atoms with Crippen molar-refractivity contribution >= 4 is 28.6 Å². The van der Waals surface area contributed by atoms with Gasteiger partial charge in [-0.2, -0.15) is 0 Å². The van der Waals surface area contributed by atoms with Crippen molar-refractivity contribution in [3.63, 3.8) is 0 Å². The quantitative estimate of drug-likeness (QED) is 0.852. The van der Waals surface area contributed by atoms with Gasteiger partial charge in [0.15, 0.2) is 5.17 Å². The molecule has 0 saturated carbocycles. The molecule has 16 heavy (non-hydrogen) atoms.